The molecule has 0 aliphatic carbocycles. The highest BCUT2D eigenvalue weighted by molar-refractivity contribution is 5.72. The molecule has 0 bridgehead atoms. The predicted molar refractivity (Wildman–Crippen MR) is 87.1 cm³/mol. The molecule has 0 aliphatic heterocycles. The first kappa shape index (κ1) is 20.4. The number of hydrogen-bond acceptors (Lipinski definition) is 4. The van der Waals surface area contributed by atoms with E-state index in [0.717, 1.165) is 0 Å². The first-order valence-electron chi connectivity index (χ1n) is 7.89. The van der Waals surface area contributed by atoms with Crippen molar-refractivity contribution in [3.63, 3.8) is 0 Å². The van der Waals surface area contributed by atoms with Crippen LogP contribution in [-0.2, 0) is 14.3 Å². The molecule has 0 saturated heterocycles. The number of esters is 1. The third kappa shape index (κ3) is 7.28. The Bertz CT molecular complexity index is 329. The molecular weight excluding hydrogens is 266 g/mol. The number of nitrogens with two attached hydrogens (primary N) is 1. The van der Waals surface area contributed by atoms with Gasteiger partial charge in [-0.25, -0.2) is 0 Å². The van der Waals surface area contributed by atoms with Crippen molar-refractivity contribution < 1.29 is 14.3 Å². The van der Waals surface area contributed by atoms with Crippen molar-refractivity contribution >= 4 is 5.97 Å². The van der Waals surface area contributed by atoms with E-state index in [2.05, 4.69) is 34.6 Å². The maximum absolute atomic E-state index is 11.9. The SMILES string of the molecule is CC(CCN)C(=O)OC(C)(C)CCOC(C)(C)C(C)(C)C. The molecule has 0 aromatic rings. The normalized spacial score (nSPS) is 14.9. The quantitative estimate of drug-likeness (QED) is 0.697. The molecule has 0 saturated carbocycles. The van der Waals surface area contributed by atoms with Crippen LogP contribution in [0.25, 0.3) is 0 Å². The largest absolute Gasteiger partial charge is 0.459 e. The lowest BCUT2D eigenvalue weighted by atomic mass is 9.79. The molecule has 2 N–H and O–H groups in total. The Morgan fingerprint density at radius 2 is 1.62 bits per heavy atom. The molecular formula is C17H35NO3. The van der Waals surface area contributed by atoms with E-state index in [1.165, 1.54) is 0 Å². The zero-order chi connectivity index (χ0) is 16.9. The number of rotatable bonds is 8. The van der Waals surface area contributed by atoms with Crippen molar-refractivity contribution in [1.29, 1.82) is 0 Å². The van der Waals surface area contributed by atoms with Crippen LogP contribution in [0.3, 0.4) is 0 Å². The van der Waals surface area contributed by atoms with Gasteiger partial charge in [-0.15, -0.1) is 0 Å². The van der Waals surface area contributed by atoms with Crippen LogP contribution in [0.15, 0.2) is 0 Å². The molecule has 1 atom stereocenters. The fraction of sp³-hybridized carbons (Fsp3) is 0.941. The molecule has 4 heteroatoms. The topological polar surface area (TPSA) is 61.6 Å². The smallest absolute Gasteiger partial charge is 0.309 e. The molecule has 0 aromatic heterocycles. The average Bonchev–Trinajstić information content (AvgIpc) is 2.26. The summed E-state index contributed by atoms with van der Waals surface area (Å²) in [6, 6.07) is 0. The van der Waals surface area contributed by atoms with Gasteiger partial charge in [-0.3, -0.25) is 4.79 Å². The molecule has 0 aromatic carbocycles. The Balaban J connectivity index is 4.35. The van der Waals surface area contributed by atoms with Crippen molar-refractivity contribution in [3.8, 4) is 0 Å². The third-order valence-corrected chi connectivity index (χ3v) is 4.35. The van der Waals surface area contributed by atoms with Gasteiger partial charge in [0, 0.05) is 6.42 Å². The second-order valence-electron chi connectivity index (χ2n) is 8.02. The highest BCUT2D eigenvalue weighted by atomic mass is 16.6. The summed E-state index contributed by atoms with van der Waals surface area (Å²) in [5.74, 6) is -0.332. The van der Waals surface area contributed by atoms with Gasteiger partial charge in [-0.2, -0.15) is 0 Å². The Kier molecular flexibility index (Phi) is 7.37. The summed E-state index contributed by atoms with van der Waals surface area (Å²) >= 11 is 0. The number of hydrogen-bond donors (Lipinski definition) is 1. The summed E-state index contributed by atoms with van der Waals surface area (Å²) in [7, 11) is 0. The van der Waals surface area contributed by atoms with E-state index in [9.17, 15) is 4.79 Å². The van der Waals surface area contributed by atoms with Crippen LogP contribution in [-0.4, -0.2) is 30.3 Å². The maximum Gasteiger partial charge on any atom is 0.309 e. The summed E-state index contributed by atoms with van der Waals surface area (Å²) in [6.45, 7) is 17.4. The standard InChI is InChI=1S/C17H35NO3/c1-13(9-11-18)14(19)21-16(5,6)10-12-20-17(7,8)15(2,3)4/h13H,9-12,18H2,1-8H3. The summed E-state index contributed by atoms with van der Waals surface area (Å²) < 4.78 is 11.6. The second kappa shape index (κ2) is 7.59. The molecule has 4 nitrogen and oxygen atoms in total. The molecule has 0 rings (SSSR count). The van der Waals surface area contributed by atoms with Crippen molar-refractivity contribution in [3.05, 3.63) is 0 Å². The molecule has 0 spiro atoms. The number of carbonyl (C=O) groups excluding carboxylic acids is 1. The van der Waals surface area contributed by atoms with Crippen molar-refractivity contribution in [2.75, 3.05) is 13.2 Å². The van der Waals surface area contributed by atoms with Gasteiger partial charge in [0.1, 0.15) is 5.60 Å². The van der Waals surface area contributed by atoms with Crippen molar-refractivity contribution in [1.82, 2.24) is 0 Å². The Labute approximate surface area is 130 Å². The van der Waals surface area contributed by atoms with E-state index in [-0.39, 0.29) is 22.9 Å². The highest BCUT2D eigenvalue weighted by Crippen LogP contribution is 2.33. The zero-order valence-corrected chi connectivity index (χ0v) is 15.2. The van der Waals surface area contributed by atoms with Gasteiger partial charge in [0.2, 0.25) is 0 Å². The van der Waals surface area contributed by atoms with Gasteiger partial charge in [0.15, 0.2) is 0 Å². The second-order valence-corrected chi connectivity index (χ2v) is 8.02. The minimum absolute atomic E-state index is 0.0590. The first-order chi connectivity index (χ1) is 9.32. The van der Waals surface area contributed by atoms with Crippen LogP contribution in [0.2, 0.25) is 0 Å². The van der Waals surface area contributed by atoms with Gasteiger partial charge >= 0.3 is 5.97 Å². The van der Waals surface area contributed by atoms with Crippen LogP contribution in [0.5, 0.6) is 0 Å². The van der Waals surface area contributed by atoms with Gasteiger partial charge in [0.25, 0.3) is 0 Å². The monoisotopic (exact) mass is 301 g/mol. The average molecular weight is 301 g/mol. The van der Waals surface area contributed by atoms with Crippen molar-refractivity contribution in [2.24, 2.45) is 17.1 Å². The summed E-state index contributed by atoms with van der Waals surface area (Å²) in [6.07, 6.45) is 1.33. The van der Waals surface area contributed by atoms with Crippen LogP contribution in [0, 0.1) is 11.3 Å². The molecule has 0 heterocycles. The molecule has 126 valence electrons. The number of ether oxygens (including phenoxy) is 2. The maximum atomic E-state index is 11.9. The third-order valence-electron chi connectivity index (χ3n) is 4.35. The van der Waals surface area contributed by atoms with Crippen molar-refractivity contribution in [2.45, 2.75) is 79.4 Å². The number of carbonyl (C=O) groups is 1. The van der Waals surface area contributed by atoms with E-state index in [1.54, 1.807) is 0 Å². The first-order valence-corrected chi connectivity index (χ1v) is 7.89. The van der Waals surface area contributed by atoms with Gasteiger partial charge in [-0.1, -0.05) is 27.7 Å². The van der Waals surface area contributed by atoms with Gasteiger partial charge in [0.05, 0.1) is 18.1 Å². The van der Waals surface area contributed by atoms with Crippen LogP contribution in [0.4, 0.5) is 0 Å². The van der Waals surface area contributed by atoms with Crippen LogP contribution < -0.4 is 5.73 Å². The molecule has 0 fully saturated rings. The van der Waals surface area contributed by atoms with Gasteiger partial charge < -0.3 is 15.2 Å². The van der Waals surface area contributed by atoms with E-state index in [4.69, 9.17) is 15.2 Å². The lowest BCUT2D eigenvalue weighted by molar-refractivity contribution is -0.165. The Hall–Kier alpha value is -0.610. The van der Waals surface area contributed by atoms with E-state index < -0.39 is 5.60 Å². The van der Waals surface area contributed by atoms with Gasteiger partial charge in [-0.05, 0) is 46.1 Å². The zero-order valence-electron chi connectivity index (χ0n) is 15.2. The summed E-state index contributed by atoms with van der Waals surface area (Å²) in [4.78, 5) is 11.9. The fourth-order valence-electron chi connectivity index (χ4n) is 1.56. The molecule has 0 amide bonds. The molecule has 1 unspecified atom stereocenters. The molecule has 0 aliphatic rings. The minimum Gasteiger partial charge on any atom is -0.459 e. The van der Waals surface area contributed by atoms with E-state index in [1.807, 2.05) is 20.8 Å². The molecule has 0 radical (unpaired) electrons. The summed E-state index contributed by atoms with van der Waals surface area (Å²) in [5, 5.41) is 0. The van der Waals surface area contributed by atoms with Crippen LogP contribution >= 0.6 is 0 Å². The summed E-state index contributed by atoms with van der Waals surface area (Å²) in [5.41, 5.74) is 4.79. The van der Waals surface area contributed by atoms with Crippen LogP contribution in [0.1, 0.15) is 68.2 Å². The van der Waals surface area contributed by atoms with E-state index in [0.29, 0.717) is 26.0 Å². The predicted octanol–water partition coefficient (Wildman–Crippen LogP) is 3.52. The highest BCUT2D eigenvalue weighted by Gasteiger charge is 2.34. The lowest BCUT2D eigenvalue weighted by Crippen LogP contribution is -2.41. The fourth-order valence-corrected chi connectivity index (χ4v) is 1.56. The Morgan fingerprint density at radius 3 is 2.05 bits per heavy atom. The molecule has 21 heavy (non-hydrogen) atoms. The van der Waals surface area contributed by atoms with E-state index >= 15 is 0 Å². The lowest BCUT2D eigenvalue weighted by Gasteiger charge is -2.39. The Morgan fingerprint density at radius 1 is 1.10 bits per heavy atom. The minimum atomic E-state index is -0.520.